The van der Waals surface area contributed by atoms with Crippen molar-refractivity contribution in [2.24, 2.45) is 0 Å². The Bertz CT molecular complexity index is 1100. The second-order valence-electron chi connectivity index (χ2n) is 8.48. The molecule has 1 aliphatic rings. The van der Waals surface area contributed by atoms with Crippen molar-refractivity contribution < 1.29 is 9.84 Å². The summed E-state index contributed by atoms with van der Waals surface area (Å²) in [5.74, 6) is 0.817. The number of aryl methyl sites for hydroxylation is 1. The highest BCUT2D eigenvalue weighted by atomic mass is 16.5. The molecule has 1 aromatic heterocycles. The van der Waals surface area contributed by atoms with E-state index in [1.165, 1.54) is 0 Å². The van der Waals surface area contributed by atoms with Gasteiger partial charge in [-0.15, -0.1) is 0 Å². The number of hydrogen-bond acceptors (Lipinski definition) is 5. The van der Waals surface area contributed by atoms with Crippen LogP contribution in [0.2, 0.25) is 0 Å². The number of pyridine rings is 1. The lowest BCUT2D eigenvalue weighted by Gasteiger charge is -2.38. The number of likely N-dealkylation sites (N-methyl/N-ethyl adjacent to an activating group) is 1. The van der Waals surface area contributed by atoms with Gasteiger partial charge in [0, 0.05) is 31.9 Å². The number of ether oxygens (including phenoxy) is 1. The highest BCUT2D eigenvalue weighted by molar-refractivity contribution is 5.42. The van der Waals surface area contributed by atoms with Gasteiger partial charge < -0.3 is 19.3 Å². The number of hydrogen-bond donors (Lipinski definition) is 1. The van der Waals surface area contributed by atoms with Crippen LogP contribution in [0.15, 0.2) is 65.5 Å². The maximum Gasteiger partial charge on any atom is 0.259 e. The normalized spacial score (nSPS) is 16.1. The summed E-state index contributed by atoms with van der Waals surface area (Å²) in [5, 5.41) is 11.0. The fourth-order valence-electron chi connectivity index (χ4n) is 4.41. The van der Waals surface area contributed by atoms with Crippen LogP contribution in [0.5, 0.6) is 11.5 Å². The number of rotatable bonds is 6. The van der Waals surface area contributed by atoms with Crippen molar-refractivity contribution in [2.45, 2.75) is 19.5 Å². The molecular formula is C26H31N3O3. The van der Waals surface area contributed by atoms with Crippen LogP contribution in [0, 0.1) is 6.92 Å². The van der Waals surface area contributed by atoms with E-state index in [4.69, 9.17) is 4.74 Å². The summed E-state index contributed by atoms with van der Waals surface area (Å²) in [6.07, 6.45) is 0. The minimum absolute atomic E-state index is 0.0524. The number of nitrogens with zero attached hydrogens (tertiary/aromatic N) is 3. The van der Waals surface area contributed by atoms with Gasteiger partial charge in [0.15, 0.2) is 0 Å². The van der Waals surface area contributed by atoms with Crippen LogP contribution in [0.1, 0.15) is 28.4 Å². The van der Waals surface area contributed by atoms with Crippen LogP contribution in [-0.4, -0.2) is 59.8 Å². The molecule has 1 saturated heterocycles. The third-order valence-corrected chi connectivity index (χ3v) is 6.31. The van der Waals surface area contributed by atoms with Crippen molar-refractivity contribution in [1.29, 1.82) is 0 Å². The zero-order chi connectivity index (χ0) is 22.7. The zero-order valence-corrected chi connectivity index (χ0v) is 19.0. The van der Waals surface area contributed by atoms with Gasteiger partial charge >= 0.3 is 0 Å². The van der Waals surface area contributed by atoms with Crippen LogP contribution < -0.4 is 10.3 Å². The first-order chi connectivity index (χ1) is 15.5. The van der Waals surface area contributed by atoms with Crippen molar-refractivity contribution in [2.75, 3.05) is 40.3 Å². The van der Waals surface area contributed by atoms with E-state index in [0.717, 1.165) is 48.7 Å². The molecule has 6 heteroatoms. The Morgan fingerprint density at radius 1 is 1.00 bits per heavy atom. The minimum Gasteiger partial charge on any atom is -0.507 e. The highest BCUT2D eigenvalue weighted by Gasteiger charge is 2.31. The minimum atomic E-state index is -0.329. The molecule has 2 aromatic carbocycles. The topological polar surface area (TPSA) is 57.9 Å². The first-order valence-electron chi connectivity index (χ1n) is 11.0. The summed E-state index contributed by atoms with van der Waals surface area (Å²) in [4.78, 5) is 18.4. The molecule has 3 aromatic rings. The molecule has 1 atom stereocenters. The SMILES string of the molecule is COc1ccc([C@H](c2c(O)cc(C)n(Cc3ccccc3)c2=O)N2CCN(C)CC2)cc1. The van der Waals surface area contributed by atoms with Gasteiger partial charge in [0.25, 0.3) is 5.56 Å². The lowest BCUT2D eigenvalue weighted by Crippen LogP contribution is -2.47. The van der Waals surface area contributed by atoms with E-state index in [0.29, 0.717) is 12.1 Å². The van der Waals surface area contributed by atoms with Gasteiger partial charge in [-0.25, -0.2) is 0 Å². The van der Waals surface area contributed by atoms with Gasteiger partial charge in [-0.1, -0.05) is 42.5 Å². The Balaban J connectivity index is 1.82. The predicted molar refractivity (Wildman–Crippen MR) is 127 cm³/mol. The average Bonchev–Trinajstić information content (AvgIpc) is 2.81. The fraction of sp³-hybridized carbons (Fsp3) is 0.346. The molecule has 1 fully saturated rings. The number of aromatic nitrogens is 1. The van der Waals surface area contributed by atoms with Crippen LogP contribution in [0.4, 0.5) is 0 Å². The van der Waals surface area contributed by atoms with Gasteiger partial charge in [-0.2, -0.15) is 0 Å². The van der Waals surface area contributed by atoms with Gasteiger partial charge in [0.1, 0.15) is 11.5 Å². The molecular weight excluding hydrogens is 402 g/mol. The first kappa shape index (κ1) is 22.1. The third kappa shape index (κ3) is 4.56. The summed E-state index contributed by atoms with van der Waals surface area (Å²) in [5.41, 5.74) is 3.05. The Morgan fingerprint density at radius 2 is 1.66 bits per heavy atom. The molecule has 4 rings (SSSR count). The molecule has 1 N–H and O–H groups in total. The van der Waals surface area contributed by atoms with E-state index in [-0.39, 0.29) is 17.4 Å². The molecule has 0 radical (unpaired) electrons. The van der Waals surface area contributed by atoms with E-state index >= 15 is 0 Å². The second kappa shape index (κ2) is 9.59. The van der Waals surface area contributed by atoms with Crippen molar-refractivity contribution in [1.82, 2.24) is 14.4 Å². The third-order valence-electron chi connectivity index (χ3n) is 6.31. The van der Waals surface area contributed by atoms with Crippen molar-refractivity contribution in [3.63, 3.8) is 0 Å². The van der Waals surface area contributed by atoms with Crippen molar-refractivity contribution >= 4 is 0 Å². The molecule has 0 unspecified atom stereocenters. The molecule has 0 saturated carbocycles. The number of benzene rings is 2. The lowest BCUT2D eigenvalue weighted by atomic mass is 9.95. The van der Waals surface area contributed by atoms with Crippen molar-refractivity contribution in [3.05, 3.63) is 93.4 Å². The summed E-state index contributed by atoms with van der Waals surface area (Å²) in [7, 11) is 3.75. The van der Waals surface area contributed by atoms with E-state index in [9.17, 15) is 9.90 Å². The molecule has 0 bridgehead atoms. The Kier molecular flexibility index (Phi) is 6.63. The lowest BCUT2D eigenvalue weighted by molar-refractivity contribution is 0.125. The maximum atomic E-state index is 13.8. The molecule has 0 amide bonds. The number of piperazine rings is 1. The zero-order valence-electron chi connectivity index (χ0n) is 19.0. The fourth-order valence-corrected chi connectivity index (χ4v) is 4.41. The molecule has 1 aliphatic heterocycles. The van der Waals surface area contributed by atoms with E-state index in [2.05, 4.69) is 16.8 Å². The van der Waals surface area contributed by atoms with Crippen molar-refractivity contribution in [3.8, 4) is 11.5 Å². The van der Waals surface area contributed by atoms with E-state index < -0.39 is 0 Å². The molecule has 32 heavy (non-hydrogen) atoms. The molecule has 6 nitrogen and oxygen atoms in total. The Hall–Kier alpha value is -3.09. The summed E-state index contributed by atoms with van der Waals surface area (Å²) in [6, 6.07) is 19.1. The maximum absolute atomic E-state index is 13.8. The molecule has 168 valence electrons. The standard InChI is InChI=1S/C26H31N3O3/c1-19-17-23(30)24(26(31)29(19)18-20-7-5-4-6-8-20)25(28-15-13-27(2)14-16-28)21-9-11-22(32-3)12-10-21/h4-12,17,25,30H,13-16,18H2,1-3H3/t25-/m1/s1. The number of aromatic hydroxyl groups is 1. The quantitative estimate of drug-likeness (QED) is 0.647. The summed E-state index contributed by atoms with van der Waals surface area (Å²) in [6.45, 7) is 5.80. The van der Waals surface area contributed by atoms with Crippen LogP contribution in [0.25, 0.3) is 0 Å². The summed E-state index contributed by atoms with van der Waals surface area (Å²) >= 11 is 0. The highest BCUT2D eigenvalue weighted by Crippen LogP contribution is 2.34. The van der Waals surface area contributed by atoms with E-state index in [1.807, 2.05) is 61.5 Å². The molecule has 0 spiro atoms. The average molecular weight is 434 g/mol. The summed E-state index contributed by atoms with van der Waals surface area (Å²) < 4.78 is 7.09. The van der Waals surface area contributed by atoms with Crippen LogP contribution >= 0.6 is 0 Å². The van der Waals surface area contributed by atoms with E-state index in [1.54, 1.807) is 17.7 Å². The van der Waals surface area contributed by atoms with Crippen LogP contribution in [-0.2, 0) is 6.54 Å². The van der Waals surface area contributed by atoms with Gasteiger partial charge in [0.05, 0.1) is 25.3 Å². The van der Waals surface area contributed by atoms with Crippen LogP contribution in [0.3, 0.4) is 0 Å². The monoisotopic (exact) mass is 433 g/mol. The first-order valence-corrected chi connectivity index (χ1v) is 11.0. The van der Waals surface area contributed by atoms with Gasteiger partial charge in [-0.3, -0.25) is 9.69 Å². The molecule has 2 heterocycles. The predicted octanol–water partition coefficient (Wildman–Crippen LogP) is 3.26. The van der Waals surface area contributed by atoms with Gasteiger partial charge in [0.2, 0.25) is 0 Å². The molecule has 0 aliphatic carbocycles. The number of methoxy groups -OCH3 is 1. The Labute approximate surface area is 189 Å². The largest absolute Gasteiger partial charge is 0.507 e. The Morgan fingerprint density at radius 3 is 2.28 bits per heavy atom. The second-order valence-corrected chi connectivity index (χ2v) is 8.48. The smallest absolute Gasteiger partial charge is 0.259 e. The van der Waals surface area contributed by atoms with Gasteiger partial charge in [-0.05, 0) is 43.3 Å².